The van der Waals surface area contributed by atoms with Crippen LogP contribution in [0.2, 0.25) is 0 Å². The van der Waals surface area contributed by atoms with E-state index in [1.807, 2.05) is 0 Å². The summed E-state index contributed by atoms with van der Waals surface area (Å²) in [5.74, 6) is -6.63. The Labute approximate surface area is 93.5 Å². The van der Waals surface area contributed by atoms with Crippen LogP contribution >= 0.6 is 0 Å². The van der Waals surface area contributed by atoms with Crippen LogP contribution in [0, 0.1) is 0 Å². The van der Waals surface area contributed by atoms with Gasteiger partial charge in [0.15, 0.2) is 0 Å². The third-order valence-electron chi connectivity index (χ3n) is 1.55. The van der Waals surface area contributed by atoms with E-state index >= 15 is 0 Å². The van der Waals surface area contributed by atoms with Gasteiger partial charge < -0.3 is 4.55 Å². The Bertz CT molecular complexity index is 420. The van der Waals surface area contributed by atoms with Crippen molar-refractivity contribution in [1.82, 2.24) is 4.72 Å². The highest BCUT2D eigenvalue weighted by Gasteiger charge is 2.78. The molecule has 0 bridgehead atoms. The smallest absolute Gasteiger partial charge is 0.427 e. The van der Waals surface area contributed by atoms with E-state index in [0.29, 0.717) is 4.72 Å². The van der Waals surface area contributed by atoms with Gasteiger partial charge in [-0.1, -0.05) is 0 Å². The Kier molecular flexibility index (Phi) is 4.26. The first kappa shape index (κ1) is 16.6. The quantitative estimate of drug-likeness (QED) is 0.582. The van der Waals surface area contributed by atoms with Gasteiger partial charge in [-0.15, -0.1) is 0 Å². The van der Waals surface area contributed by atoms with E-state index < -0.39 is 37.5 Å². The number of alkyl halides is 6. The topological polar surface area (TPSA) is 86.3 Å². The van der Waals surface area contributed by atoms with Crippen molar-refractivity contribution in [3.8, 4) is 0 Å². The van der Waals surface area contributed by atoms with Crippen molar-refractivity contribution in [3.05, 3.63) is 0 Å². The molecule has 17 heavy (non-hydrogen) atoms. The fraction of sp³-hybridized carbons (Fsp3) is 1.00. The first-order valence-electron chi connectivity index (χ1n) is 3.41. The molecular weight excluding hydrogens is 304 g/mol. The maximum atomic E-state index is 12.7. The number of nitrogens with one attached hydrogen (secondary N) is 1. The molecule has 1 atom stereocenters. The molecule has 0 aliphatic carbocycles. The highest BCUT2D eigenvalue weighted by Crippen LogP contribution is 2.49. The van der Waals surface area contributed by atoms with Gasteiger partial charge in [-0.05, 0) is 7.05 Å². The van der Waals surface area contributed by atoms with Crippen LogP contribution in [0.3, 0.4) is 0 Å². The zero-order valence-electron chi connectivity index (χ0n) is 7.72. The summed E-state index contributed by atoms with van der Waals surface area (Å²) in [5, 5.41) is -12.6. The average molecular weight is 308 g/mol. The van der Waals surface area contributed by atoms with Gasteiger partial charge >= 0.3 is 16.4 Å². The van der Waals surface area contributed by atoms with Crippen LogP contribution in [-0.2, 0) is 21.1 Å². The molecule has 104 valence electrons. The second kappa shape index (κ2) is 4.37. The maximum absolute atomic E-state index is 12.7. The number of sulfonamides is 1. The number of hydrogen-bond acceptors (Lipinski definition) is 4. The van der Waals surface area contributed by atoms with Crippen molar-refractivity contribution >= 4 is 21.1 Å². The fourth-order valence-corrected chi connectivity index (χ4v) is 1.70. The molecule has 0 fully saturated rings. The molecule has 0 amide bonds. The van der Waals surface area contributed by atoms with Crippen LogP contribution in [0.5, 0.6) is 0 Å². The van der Waals surface area contributed by atoms with Crippen molar-refractivity contribution in [3.63, 3.8) is 0 Å². The third-order valence-corrected chi connectivity index (χ3v) is 3.69. The zero-order valence-corrected chi connectivity index (χ0v) is 9.35. The van der Waals surface area contributed by atoms with Gasteiger partial charge in [-0.25, -0.2) is 13.1 Å². The summed E-state index contributed by atoms with van der Waals surface area (Å²) in [7, 11) is -5.89. The van der Waals surface area contributed by atoms with E-state index in [9.17, 15) is 43.5 Å². The standard InChI is InChI=1S/C4H5F6NO4S2/c1-11-17(14,15)4(9,10)2(5,6)3(7,8)16(12)13/h11H,1H3,(H,12,13)/p-1. The van der Waals surface area contributed by atoms with Gasteiger partial charge in [0.05, 0.1) is 0 Å². The molecule has 0 heterocycles. The number of hydrogen-bond donors (Lipinski definition) is 1. The summed E-state index contributed by atoms with van der Waals surface area (Å²) in [6, 6.07) is 0. The Balaban J connectivity index is 5.87. The van der Waals surface area contributed by atoms with Gasteiger partial charge in [-0.2, -0.15) is 26.3 Å². The summed E-state index contributed by atoms with van der Waals surface area (Å²) >= 11 is -4.93. The van der Waals surface area contributed by atoms with E-state index in [1.165, 1.54) is 0 Å². The van der Waals surface area contributed by atoms with Gasteiger partial charge in [0.25, 0.3) is 10.0 Å². The highest BCUT2D eigenvalue weighted by molar-refractivity contribution is 7.90. The van der Waals surface area contributed by atoms with E-state index in [-0.39, 0.29) is 7.05 Å². The second-order valence-electron chi connectivity index (χ2n) is 2.55. The molecule has 0 saturated heterocycles. The van der Waals surface area contributed by atoms with Crippen LogP contribution in [0.1, 0.15) is 0 Å². The predicted molar refractivity (Wildman–Crippen MR) is 41.7 cm³/mol. The van der Waals surface area contributed by atoms with Gasteiger partial charge in [0.1, 0.15) is 0 Å². The normalized spacial score (nSPS) is 16.9. The molecule has 0 aromatic heterocycles. The minimum absolute atomic E-state index is 0.269. The van der Waals surface area contributed by atoms with E-state index in [1.54, 1.807) is 0 Å². The first-order valence-corrected chi connectivity index (χ1v) is 5.97. The molecule has 0 rings (SSSR count). The average Bonchev–Trinajstić information content (AvgIpc) is 2.16. The molecule has 1 unspecified atom stereocenters. The van der Waals surface area contributed by atoms with Crippen LogP contribution < -0.4 is 4.72 Å². The highest BCUT2D eigenvalue weighted by atomic mass is 32.2. The molecule has 0 aromatic carbocycles. The zero-order chi connectivity index (χ0) is 14.3. The van der Waals surface area contributed by atoms with Gasteiger partial charge in [-0.3, -0.25) is 4.21 Å². The summed E-state index contributed by atoms with van der Waals surface area (Å²) < 4.78 is 116. The summed E-state index contributed by atoms with van der Waals surface area (Å²) in [4.78, 5) is 0. The fourth-order valence-electron chi connectivity index (χ4n) is 0.571. The molecule has 1 N–H and O–H groups in total. The monoisotopic (exact) mass is 308 g/mol. The molecule has 0 radical (unpaired) electrons. The summed E-state index contributed by atoms with van der Waals surface area (Å²) in [6.45, 7) is 0. The maximum Gasteiger partial charge on any atom is 0.427 e. The third kappa shape index (κ3) is 2.28. The summed E-state index contributed by atoms with van der Waals surface area (Å²) in [6.07, 6.45) is 0. The van der Waals surface area contributed by atoms with E-state index in [4.69, 9.17) is 0 Å². The lowest BCUT2D eigenvalue weighted by atomic mass is 10.3. The molecule has 5 nitrogen and oxygen atoms in total. The lowest BCUT2D eigenvalue weighted by molar-refractivity contribution is -0.244. The van der Waals surface area contributed by atoms with Gasteiger partial charge in [0, 0.05) is 11.1 Å². The van der Waals surface area contributed by atoms with Crippen LogP contribution in [-0.4, -0.2) is 40.7 Å². The molecule has 13 heteroatoms. The van der Waals surface area contributed by atoms with E-state index in [2.05, 4.69) is 0 Å². The van der Waals surface area contributed by atoms with E-state index in [0.717, 1.165) is 0 Å². The SMILES string of the molecule is CNS(=O)(=O)C(F)(F)C(F)(F)C(F)(F)S(=O)[O-]. The van der Waals surface area contributed by atoms with Crippen molar-refractivity contribution < 1.29 is 43.5 Å². The van der Waals surface area contributed by atoms with Crippen molar-refractivity contribution in [2.45, 2.75) is 16.4 Å². The predicted octanol–water partition coefficient (Wildman–Crippen LogP) is 0.236. The van der Waals surface area contributed by atoms with Gasteiger partial charge in [0.2, 0.25) is 0 Å². The lowest BCUT2D eigenvalue weighted by Crippen LogP contribution is -2.61. The number of halogens is 6. The molecule has 0 aliphatic heterocycles. The Morgan fingerprint density at radius 2 is 1.47 bits per heavy atom. The molecule has 0 spiro atoms. The molecule has 0 aromatic rings. The van der Waals surface area contributed by atoms with Crippen LogP contribution in [0.15, 0.2) is 0 Å². The van der Waals surface area contributed by atoms with Crippen molar-refractivity contribution in [2.24, 2.45) is 0 Å². The Morgan fingerprint density at radius 1 is 1.12 bits per heavy atom. The van der Waals surface area contributed by atoms with Crippen molar-refractivity contribution in [1.29, 1.82) is 0 Å². The lowest BCUT2D eigenvalue weighted by Gasteiger charge is -2.32. The van der Waals surface area contributed by atoms with Crippen LogP contribution in [0.25, 0.3) is 0 Å². The summed E-state index contributed by atoms with van der Waals surface area (Å²) in [5.41, 5.74) is 0. The second-order valence-corrected chi connectivity index (χ2v) is 5.46. The first-order chi connectivity index (χ1) is 7.25. The number of rotatable bonds is 5. The Hall–Kier alpha value is -0.400. The minimum atomic E-state index is -6.63. The minimum Gasteiger partial charge on any atom is -0.768 e. The molecule has 0 saturated carbocycles. The van der Waals surface area contributed by atoms with Crippen LogP contribution in [0.4, 0.5) is 26.3 Å². The largest absolute Gasteiger partial charge is 0.768 e. The Morgan fingerprint density at radius 3 is 1.71 bits per heavy atom. The molecule has 0 aliphatic rings. The molecular formula is C4H4F6NO4S2-. The van der Waals surface area contributed by atoms with Crippen molar-refractivity contribution in [2.75, 3.05) is 7.05 Å².